The van der Waals surface area contributed by atoms with Crippen molar-refractivity contribution in [3.8, 4) is 0 Å². The molecule has 3 N–H and O–H groups in total. The summed E-state index contributed by atoms with van der Waals surface area (Å²) in [5.41, 5.74) is 7.71. The first-order valence-corrected chi connectivity index (χ1v) is 11.4. The van der Waals surface area contributed by atoms with Crippen LogP contribution < -0.4 is 26.5 Å². The van der Waals surface area contributed by atoms with Gasteiger partial charge in [0.15, 0.2) is 0 Å². The highest BCUT2D eigenvalue weighted by molar-refractivity contribution is 5.98. The Labute approximate surface area is 203 Å². The molecule has 3 aromatic heterocycles. The molecule has 0 aromatic carbocycles. The summed E-state index contributed by atoms with van der Waals surface area (Å²) in [6, 6.07) is 3.85. The van der Waals surface area contributed by atoms with Gasteiger partial charge in [0.1, 0.15) is 6.33 Å². The summed E-state index contributed by atoms with van der Waals surface area (Å²) in [4.78, 5) is 29.8. The second kappa shape index (κ2) is 9.34. The van der Waals surface area contributed by atoms with Crippen molar-refractivity contribution in [3.05, 3.63) is 89.0 Å². The van der Waals surface area contributed by atoms with Gasteiger partial charge in [0.05, 0.1) is 28.6 Å². The molecular formula is C27H25N7O. The van der Waals surface area contributed by atoms with E-state index >= 15 is 0 Å². The Morgan fingerprint density at radius 3 is 2.89 bits per heavy atom. The van der Waals surface area contributed by atoms with Crippen LogP contribution in [-0.2, 0) is 4.79 Å². The van der Waals surface area contributed by atoms with Gasteiger partial charge in [-0.1, -0.05) is 13.5 Å². The number of carbonyl (C=O) groups excluding carboxylic acids is 1. The molecular weight excluding hydrogens is 438 g/mol. The van der Waals surface area contributed by atoms with E-state index in [4.69, 9.17) is 0 Å². The van der Waals surface area contributed by atoms with E-state index in [0.29, 0.717) is 12.1 Å². The van der Waals surface area contributed by atoms with Crippen molar-refractivity contribution in [1.82, 2.24) is 25.3 Å². The van der Waals surface area contributed by atoms with Crippen molar-refractivity contribution in [3.63, 3.8) is 0 Å². The number of carbonyl (C=O) groups is 1. The molecule has 0 radical (unpaired) electrons. The fourth-order valence-corrected chi connectivity index (χ4v) is 4.11. The highest BCUT2D eigenvalue weighted by Gasteiger charge is 2.18. The number of nitrogens with zero attached hydrogens (tertiary/aromatic N) is 4. The molecule has 0 spiro atoms. The zero-order chi connectivity index (χ0) is 24.4. The number of amides is 1. The maximum atomic E-state index is 12.1. The van der Waals surface area contributed by atoms with E-state index in [1.165, 1.54) is 0 Å². The van der Waals surface area contributed by atoms with Gasteiger partial charge in [-0.2, -0.15) is 0 Å². The first-order valence-electron chi connectivity index (χ1n) is 11.4. The van der Waals surface area contributed by atoms with Crippen LogP contribution in [0.5, 0.6) is 0 Å². The molecule has 0 fully saturated rings. The molecule has 1 amide bonds. The average molecular weight is 464 g/mol. The molecule has 0 unspecified atom stereocenters. The quantitative estimate of drug-likeness (QED) is 0.534. The lowest BCUT2D eigenvalue weighted by Crippen LogP contribution is -2.34. The maximum Gasteiger partial charge on any atom is 0.224 e. The predicted molar refractivity (Wildman–Crippen MR) is 139 cm³/mol. The van der Waals surface area contributed by atoms with Gasteiger partial charge in [-0.05, 0) is 43.2 Å². The molecule has 0 aliphatic carbocycles. The summed E-state index contributed by atoms with van der Waals surface area (Å²) in [6.45, 7) is 8.17. The standard InChI is InChI=1S/C27H25N7O/c1-4-5-26(35)33-19-9-18(11-29-12-19)20-10-21-25(14-30-17(20)3)31-15-32-27(21)24-8-16(2)22-13-28-7-6-23(22)34-24/h6-15,30,34H,2,4-5H2,1,3H3,(H,33,35). The Kier molecular flexibility index (Phi) is 5.93. The third-order valence-corrected chi connectivity index (χ3v) is 5.85. The van der Waals surface area contributed by atoms with E-state index in [1.807, 2.05) is 38.3 Å². The van der Waals surface area contributed by atoms with Gasteiger partial charge in [-0.15, -0.1) is 0 Å². The Morgan fingerprint density at radius 2 is 2.03 bits per heavy atom. The number of pyridine rings is 2. The van der Waals surface area contributed by atoms with Crippen LogP contribution in [0.4, 0.5) is 11.4 Å². The largest absolute Gasteiger partial charge is 0.363 e. The third kappa shape index (κ3) is 4.46. The van der Waals surface area contributed by atoms with Crippen LogP contribution in [0.1, 0.15) is 43.5 Å². The minimum absolute atomic E-state index is 0.0273. The van der Waals surface area contributed by atoms with Gasteiger partial charge in [-0.25, -0.2) is 9.97 Å². The summed E-state index contributed by atoms with van der Waals surface area (Å²) in [5.74, 6) is -0.0273. The first kappa shape index (κ1) is 22.2. The van der Waals surface area contributed by atoms with Crippen LogP contribution in [0.15, 0.2) is 61.6 Å². The zero-order valence-corrected chi connectivity index (χ0v) is 19.6. The molecule has 0 saturated carbocycles. The average Bonchev–Trinajstić information content (AvgIpc) is 3.03. The fourth-order valence-electron chi connectivity index (χ4n) is 4.11. The lowest BCUT2D eigenvalue weighted by molar-refractivity contribution is -0.116. The van der Waals surface area contributed by atoms with Gasteiger partial charge in [-0.3, -0.25) is 14.8 Å². The van der Waals surface area contributed by atoms with Crippen molar-refractivity contribution in [2.45, 2.75) is 26.7 Å². The molecule has 0 saturated heterocycles. The number of nitrogens with one attached hydrogen (secondary N) is 3. The number of fused-ring (bicyclic) bond motifs is 2. The lowest BCUT2D eigenvalue weighted by Gasteiger charge is -2.20. The molecule has 8 nitrogen and oxygen atoms in total. The molecule has 174 valence electrons. The minimum Gasteiger partial charge on any atom is -0.363 e. The van der Waals surface area contributed by atoms with Gasteiger partial charge >= 0.3 is 0 Å². The Balaban J connectivity index is 1.60. The van der Waals surface area contributed by atoms with E-state index in [1.54, 1.807) is 31.1 Å². The molecule has 0 bridgehead atoms. The Morgan fingerprint density at radius 1 is 1.14 bits per heavy atom. The second-order valence-corrected chi connectivity index (χ2v) is 8.38. The van der Waals surface area contributed by atoms with Crippen LogP contribution in [0.3, 0.4) is 0 Å². The summed E-state index contributed by atoms with van der Waals surface area (Å²) in [6.07, 6.45) is 15.7. The molecule has 5 rings (SSSR count). The number of allylic oxidation sites excluding steroid dienone is 4. The number of anilines is 2. The SMILES string of the molecule is C=C1C=C(c2ncnc3c2=CC(c2cncc(NC(=O)CCC)c2)=C(C)NC=3)Nc2ccncc21. The van der Waals surface area contributed by atoms with E-state index in [2.05, 4.69) is 48.5 Å². The number of hydrogen-bond acceptors (Lipinski definition) is 7. The van der Waals surface area contributed by atoms with Crippen LogP contribution in [0.25, 0.3) is 29.1 Å². The molecule has 5 heterocycles. The van der Waals surface area contributed by atoms with Crippen molar-refractivity contribution < 1.29 is 4.79 Å². The predicted octanol–water partition coefficient (Wildman–Crippen LogP) is 3.04. The van der Waals surface area contributed by atoms with Gasteiger partial charge < -0.3 is 16.0 Å². The van der Waals surface area contributed by atoms with Crippen molar-refractivity contribution in [1.29, 1.82) is 0 Å². The van der Waals surface area contributed by atoms with Crippen LogP contribution in [0, 0.1) is 0 Å². The molecule has 35 heavy (non-hydrogen) atoms. The highest BCUT2D eigenvalue weighted by atomic mass is 16.1. The molecule has 2 aliphatic rings. The van der Waals surface area contributed by atoms with E-state index < -0.39 is 0 Å². The van der Waals surface area contributed by atoms with Crippen molar-refractivity contribution in [2.75, 3.05) is 10.6 Å². The lowest BCUT2D eigenvalue weighted by atomic mass is 9.99. The smallest absolute Gasteiger partial charge is 0.224 e. The van der Waals surface area contributed by atoms with Crippen molar-refractivity contribution in [2.24, 2.45) is 0 Å². The molecule has 8 heteroatoms. The molecule has 2 aliphatic heterocycles. The van der Waals surface area contributed by atoms with E-state index in [0.717, 1.165) is 62.0 Å². The minimum atomic E-state index is -0.0273. The van der Waals surface area contributed by atoms with Gasteiger partial charge in [0, 0.05) is 64.5 Å². The number of hydrogen-bond donors (Lipinski definition) is 3. The zero-order valence-electron chi connectivity index (χ0n) is 19.6. The van der Waals surface area contributed by atoms with Crippen LogP contribution in [0.2, 0.25) is 0 Å². The number of aromatic nitrogens is 4. The van der Waals surface area contributed by atoms with Crippen molar-refractivity contribution >= 4 is 46.4 Å². The first-order chi connectivity index (χ1) is 17.0. The third-order valence-electron chi connectivity index (χ3n) is 5.85. The maximum absolute atomic E-state index is 12.1. The van der Waals surface area contributed by atoms with Gasteiger partial charge in [0.25, 0.3) is 0 Å². The van der Waals surface area contributed by atoms with E-state index in [9.17, 15) is 4.79 Å². The Bertz CT molecular complexity index is 1540. The monoisotopic (exact) mass is 463 g/mol. The molecule has 3 aromatic rings. The number of rotatable bonds is 5. The molecule has 0 atom stereocenters. The van der Waals surface area contributed by atoms with Crippen LogP contribution in [-0.4, -0.2) is 25.8 Å². The van der Waals surface area contributed by atoms with E-state index in [-0.39, 0.29) is 5.91 Å². The second-order valence-electron chi connectivity index (χ2n) is 8.38. The summed E-state index contributed by atoms with van der Waals surface area (Å²) >= 11 is 0. The van der Waals surface area contributed by atoms with Crippen LogP contribution >= 0.6 is 0 Å². The summed E-state index contributed by atoms with van der Waals surface area (Å²) in [5, 5.41) is 11.3. The fraction of sp³-hybridized carbons (Fsp3) is 0.148. The normalized spacial score (nSPS) is 14.2. The topological polar surface area (TPSA) is 105 Å². The van der Waals surface area contributed by atoms with Gasteiger partial charge in [0.2, 0.25) is 5.91 Å². The summed E-state index contributed by atoms with van der Waals surface area (Å²) in [7, 11) is 0. The Hall–Kier alpha value is -4.59. The highest BCUT2D eigenvalue weighted by Crippen LogP contribution is 2.31. The summed E-state index contributed by atoms with van der Waals surface area (Å²) < 4.78 is 0.